The third kappa shape index (κ3) is 3.96. The zero-order valence-electron chi connectivity index (χ0n) is 13.0. The molecular weight excluding hydrogens is 316 g/mol. The number of hydrogen-bond acceptors (Lipinski definition) is 1. The minimum Gasteiger partial charge on any atom is -1.00 e. The fourth-order valence-corrected chi connectivity index (χ4v) is 4.55. The molecule has 0 aromatic rings. The van der Waals surface area contributed by atoms with Crippen LogP contribution in [0, 0.1) is 0 Å². The van der Waals surface area contributed by atoms with Gasteiger partial charge in [-0.2, -0.15) is 0 Å². The summed E-state index contributed by atoms with van der Waals surface area (Å²) in [6.07, 6.45) is 8.84. The molecule has 20 heavy (non-hydrogen) atoms. The molecule has 0 N–H and O–H groups in total. The van der Waals surface area contributed by atoms with Gasteiger partial charge in [-0.15, -0.1) is 0 Å². The molecule has 0 aromatic carbocycles. The fourth-order valence-electron chi connectivity index (χ4n) is 4.55. The van der Waals surface area contributed by atoms with Crippen molar-refractivity contribution in [3.63, 3.8) is 0 Å². The minimum atomic E-state index is 0. The van der Waals surface area contributed by atoms with Crippen molar-refractivity contribution >= 4 is 0 Å². The lowest BCUT2D eigenvalue weighted by Crippen LogP contribution is -3.00. The van der Waals surface area contributed by atoms with E-state index < -0.39 is 0 Å². The molecule has 2 spiro atoms. The van der Waals surface area contributed by atoms with Gasteiger partial charge in [0, 0.05) is 6.42 Å². The number of halogens is 1. The number of quaternary nitrogens is 2. The van der Waals surface area contributed by atoms with Gasteiger partial charge in [-0.3, -0.25) is 0 Å². The molecule has 3 heterocycles. The Balaban J connectivity index is 0.00000147. The first kappa shape index (κ1) is 16.7. The standard InChI is InChI=1S/C16H32N2O.BrH/c1-2-4-7-17(8-5-3-1)9-6-10-18(12-11-17)13-15-19-16-14-18;/h1-16H2;1H/q+2;/p-1. The van der Waals surface area contributed by atoms with E-state index in [1.54, 1.807) is 0 Å². The highest BCUT2D eigenvalue weighted by Gasteiger charge is 2.39. The Hall–Kier alpha value is 0.360. The molecule has 4 heteroatoms. The predicted octanol–water partition coefficient (Wildman–Crippen LogP) is -0.978. The molecule has 0 aliphatic carbocycles. The summed E-state index contributed by atoms with van der Waals surface area (Å²) in [7, 11) is 0. The zero-order valence-corrected chi connectivity index (χ0v) is 14.6. The second-order valence-corrected chi connectivity index (χ2v) is 7.21. The maximum Gasteiger partial charge on any atom is 0.129 e. The Bertz CT molecular complexity index is 284. The van der Waals surface area contributed by atoms with Crippen molar-refractivity contribution in [3.05, 3.63) is 0 Å². The van der Waals surface area contributed by atoms with Crippen molar-refractivity contribution in [2.45, 2.75) is 38.5 Å². The number of nitrogens with zero attached hydrogens (tertiary/aromatic N) is 2. The van der Waals surface area contributed by atoms with E-state index in [0.29, 0.717) is 0 Å². The van der Waals surface area contributed by atoms with Gasteiger partial charge in [0.05, 0.1) is 39.4 Å². The molecule has 3 nitrogen and oxygen atoms in total. The summed E-state index contributed by atoms with van der Waals surface area (Å²) in [5.74, 6) is 0. The molecule has 0 unspecified atom stereocenters. The van der Waals surface area contributed by atoms with E-state index in [0.717, 1.165) is 13.2 Å². The van der Waals surface area contributed by atoms with E-state index in [-0.39, 0.29) is 17.0 Å². The molecule has 3 rings (SSSR count). The highest BCUT2D eigenvalue weighted by Crippen LogP contribution is 2.24. The van der Waals surface area contributed by atoms with Crippen molar-refractivity contribution in [3.8, 4) is 0 Å². The maximum absolute atomic E-state index is 5.59. The van der Waals surface area contributed by atoms with E-state index in [1.807, 2.05) is 0 Å². The highest BCUT2D eigenvalue weighted by molar-refractivity contribution is 4.60. The van der Waals surface area contributed by atoms with E-state index in [9.17, 15) is 0 Å². The van der Waals surface area contributed by atoms with Crippen LogP contribution in [0.5, 0.6) is 0 Å². The van der Waals surface area contributed by atoms with Gasteiger partial charge in [0.1, 0.15) is 26.2 Å². The molecular formula is C16H32BrN2O+. The first-order valence-electron chi connectivity index (χ1n) is 8.61. The summed E-state index contributed by atoms with van der Waals surface area (Å²) in [5, 5.41) is 0. The van der Waals surface area contributed by atoms with Crippen LogP contribution in [0.1, 0.15) is 38.5 Å². The lowest BCUT2D eigenvalue weighted by Gasteiger charge is -2.42. The lowest BCUT2D eigenvalue weighted by molar-refractivity contribution is -0.967. The van der Waals surface area contributed by atoms with Crippen LogP contribution in [0.4, 0.5) is 0 Å². The molecule has 3 fully saturated rings. The fraction of sp³-hybridized carbons (Fsp3) is 1.00. The molecule has 0 atom stereocenters. The van der Waals surface area contributed by atoms with Gasteiger partial charge in [-0.05, 0) is 25.7 Å². The van der Waals surface area contributed by atoms with Crippen molar-refractivity contribution < 1.29 is 30.7 Å². The Labute approximate surface area is 135 Å². The van der Waals surface area contributed by atoms with Crippen molar-refractivity contribution in [2.24, 2.45) is 0 Å². The molecule has 118 valence electrons. The van der Waals surface area contributed by atoms with Crippen LogP contribution >= 0.6 is 0 Å². The zero-order chi connectivity index (χ0) is 13.0. The van der Waals surface area contributed by atoms with Crippen LogP contribution in [0.15, 0.2) is 0 Å². The molecule has 3 aliphatic rings. The SMILES string of the molecule is C1CCC[N+]2(CCC1)CCC[N+]1(CCOCC1)CC2.[Br-]. The van der Waals surface area contributed by atoms with E-state index in [4.69, 9.17) is 4.74 Å². The summed E-state index contributed by atoms with van der Waals surface area (Å²) in [6, 6.07) is 0. The summed E-state index contributed by atoms with van der Waals surface area (Å²) < 4.78 is 8.42. The van der Waals surface area contributed by atoms with Gasteiger partial charge < -0.3 is 30.7 Å². The van der Waals surface area contributed by atoms with Crippen molar-refractivity contribution in [1.82, 2.24) is 0 Å². The van der Waals surface area contributed by atoms with Gasteiger partial charge >= 0.3 is 0 Å². The van der Waals surface area contributed by atoms with Crippen LogP contribution in [0.3, 0.4) is 0 Å². The van der Waals surface area contributed by atoms with E-state index in [1.165, 1.54) is 99.8 Å². The summed E-state index contributed by atoms with van der Waals surface area (Å²) in [4.78, 5) is 0. The third-order valence-electron chi connectivity index (χ3n) is 6.00. The van der Waals surface area contributed by atoms with Crippen molar-refractivity contribution in [1.29, 1.82) is 0 Å². The van der Waals surface area contributed by atoms with Gasteiger partial charge in [0.25, 0.3) is 0 Å². The van der Waals surface area contributed by atoms with E-state index >= 15 is 0 Å². The lowest BCUT2D eigenvalue weighted by atomic mass is 10.1. The largest absolute Gasteiger partial charge is 1.00 e. The third-order valence-corrected chi connectivity index (χ3v) is 6.00. The van der Waals surface area contributed by atoms with Crippen LogP contribution in [0.2, 0.25) is 0 Å². The Kier molecular flexibility index (Phi) is 6.33. The first-order valence-corrected chi connectivity index (χ1v) is 8.61. The monoisotopic (exact) mass is 347 g/mol. The number of ether oxygens (including phenoxy) is 1. The van der Waals surface area contributed by atoms with Crippen LogP contribution in [-0.4, -0.2) is 74.5 Å². The molecule has 0 saturated carbocycles. The summed E-state index contributed by atoms with van der Waals surface area (Å²) in [5.41, 5.74) is 0. The number of hydrogen-bond donors (Lipinski definition) is 0. The smallest absolute Gasteiger partial charge is 0.129 e. The number of morpholine rings is 1. The predicted molar refractivity (Wildman–Crippen MR) is 78.0 cm³/mol. The van der Waals surface area contributed by atoms with Crippen LogP contribution < -0.4 is 17.0 Å². The molecule has 0 aromatic heterocycles. The summed E-state index contributed by atoms with van der Waals surface area (Å²) in [6.45, 7) is 13.2. The minimum absolute atomic E-state index is 0. The van der Waals surface area contributed by atoms with Gasteiger partial charge in [-0.25, -0.2) is 0 Å². The Morgan fingerprint density at radius 2 is 0.900 bits per heavy atom. The van der Waals surface area contributed by atoms with Crippen LogP contribution in [0.25, 0.3) is 0 Å². The highest BCUT2D eigenvalue weighted by atomic mass is 79.9. The van der Waals surface area contributed by atoms with Gasteiger partial charge in [-0.1, -0.05) is 6.42 Å². The topological polar surface area (TPSA) is 9.23 Å². The molecule has 0 amide bonds. The quantitative estimate of drug-likeness (QED) is 0.512. The number of rotatable bonds is 0. The Morgan fingerprint density at radius 1 is 0.450 bits per heavy atom. The average Bonchev–Trinajstić information content (AvgIpc) is 2.57. The second-order valence-electron chi connectivity index (χ2n) is 7.21. The van der Waals surface area contributed by atoms with Gasteiger partial charge in [0.15, 0.2) is 0 Å². The van der Waals surface area contributed by atoms with E-state index in [2.05, 4.69) is 0 Å². The summed E-state index contributed by atoms with van der Waals surface area (Å²) >= 11 is 0. The molecule has 0 radical (unpaired) electrons. The first-order chi connectivity index (χ1) is 9.33. The van der Waals surface area contributed by atoms with Gasteiger partial charge in [0.2, 0.25) is 0 Å². The molecule has 3 saturated heterocycles. The second kappa shape index (κ2) is 7.57. The van der Waals surface area contributed by atoms with Crippen LogP contribution in [-0.2, 0) is 4.74 Å². The normalized spacial score (nSPS) is 30.0. The maximum atomic E-state index is 5.59. The molecule has 0 bridgehead atoms. The average molecular weight is 348 g/mol. The molecule has 3 aliphatic heterocycles. The van der Waals surface area contributed by atoms with Crippen molar-refractivity contribution in [2.75, 3.05) is 65.6 Å². The Morgan fingerprint density at radius 3 is 1.50 bits per heavy atom.